The number of hydrogen-bond donors (Lipinski definition) is 1. The minimum absolute atomic E-state index is 0.365. The lowest BCUT2D eigenvalue weighted by Crippen LogP contribution is -2.08. The number of aliphatic hydroxyl groups is 1. The van der Waals surface area contributed by atoms with Crippen molar-refractivity contribution in [3.8, 4) is 0 Å². The van der Waals surface area contributed by atoms with Crippen LogP contribution < -0.4 is 0 Å². The number of hydrogen-bond acceptors (Lipinski definition) is 2. The van der Waals surface area contributed by atoms with E-state index in [0.29, 0.717) is 13.2 Å². The van der Waals surface area contributed by atoms with Gasteiger partial charge >= 0.3 is 0 Å². The van der Waals surface area contributed by atoms with Crippen molar-refractivity contribution in [3.05, 3.63) is 33.8 Å². The molecule has 0 bridgehead atoms. The smallest absolute Gasteiger partial charge is 0.102 e. The van der Waals surface area contributed by atoms with Gasteiger partial charge in [0, 0.05) is 11.1 Å². The van der Waals surface area contributed by atoms with Crippen LogP contribution in [0.4, 0.5) is 0 Å². The third kappa shape index (κ3) is 4.33. The van der Waals surface area contributed by atoms with Crippen molar-refractivity contribution in [2.45, 2.75) is 26.4 Å². The number of benzene rings is 1. The van der Waals surface area contributed by atoms with Gasteiger partial charge in [0.25, 0.3) is 0 Å². The van der Waals surface area contributed by atoms with Crippen molar-refractivity contribution in [1.82, 2.24) is 0 Å². The maximum absolute atomic E-state index is 9.85. The Morgan fingerprint density at radius 1 is 1.40 bits per heavy atom. The molecular formula is C12H17BrO2. The molecule has 15 heavy (non-hydrogen) atoms. The zero-order chi connectivity index (χ0) is 11.3. The van der Waals surface area contributed by atoms with Crippen molar-refractivity contribution >= 4 is 15.9 Å². The molecule has 0 aliphatic rings. The summed E-state index contributed by atoms with van der Waals surface area (Å²) in [5.41, 5.74) is 2.03. The number of aryl methyl sites for hydroxylation is 1. The molecule has 0 radical (unpaired) electrons. The van der Waals surface area contributed by atoms with Crippen molar-refractivity contribution in [2.24, 2.45) is 0 Å². The SMILES string of the molecule is CCCOCC(O)c1cc(C)cc(Br)c1. The van der Waals surface area contributed by atoms with Gasteiger partial charge in [0.1, 0.15) is 6.10 Å². The van der Waals surface area contributed by atoms with Gasteiger partial charge in [-0.25, -0.2) is 0 Å². The highest BCUT2D eigenvalue weighted by Crippen LogP contribution is 2.20. The number of halogens is 1. The van der Waals surface area contributed by atoms with E-state index in [1.807, 2.05) is 25.1 Å². The lowest BCUT2D eigenvalue weighted by Gasteiger charge is -2.12. The average Bonchev–Trinajstić information content (AvgIpc) is 2.16. The van der Waals surface area contributed by atoms with Crippen LogP contribution in [-0.2, 0) is 4.74 Å². The Kier molecular flexibility index (Phi) is 5.29. The summed E-state index contributed by atoms with van der Waals surface area (Å²) in [7, 11) is 0. The van der Waals surface area contributed by atoms with Crippen molar-refractivity contribution in [1.29, 1.82) is 0 Å². The molecule has 0 aliphatic heterocycles. The van der Waals surface area contributed by atoms with E-state index in [4.69, 9.17) is 4.74 Å². The van der Waals surface area contributed by atoms with Crippen LogP contribution >= 0.6 is 15.9 Å². The second-order valence-corrected chi connectivity index (χ2v) is 4.57. The van der Waals surface area contributed by atoms with Gasteiger partial charge in [0.2, 0.25) is 0 Å². The van der Waals surface area contributed by atoms with E-state index in [1.165, 1.54) is 0 Å². The average molecular weight is 273 g/mol. The monoisotopic (exact) mass is 272 g/mol. The first-order valence-electron chi connectivity index (χ1n) is 5.16. The van der Waals surface area contributed by atoms with E-state index in [2.05, 4.69) is 22.9 Å². The largest absolute Gasteiger partial charge is 0.386 e. The van der Waals surface area contributed by atoms with Crippen LogP contribution in [0.2, 0.25) is 0 Å². The van der Waals surface area contributed by atoms with Gasteiger partial charge < -0.3 is 9.84 Å². The molecule has 1 aromatic rings. The van der Waals surface area contributed by atoms with Crippen LogP contribution in [0, 0.1) is 6.92 Å². The fraction of sp³-hybridized carbons (Fsp3) is 0.500. The molecular weight excluding hydrogens is 256 g/mol. The van der Waals surface area contributed by atoms with E-state index >= 15 is 0 Å². The normalized spacial score (nSPS) is 12.8. The third-order valence-corrected chi connectivity index (χ3v) is 2.53. The highest BCUT2D eigenvalue weighted by atomic mass is 79.9. The molecule has 2 nitrogen and oxygen atoms in total. The fourth-order valence-electron chi connectivity index (χ4n) is 1.39. The highest BCUT2D eigenvalue weighted by Gasteiger charge is 2.08. The lowest BCUT2D eigenvalue weighted by atomic mass is 10.1. The van der Waals surface area contributed by atoms with Crippen LogP contribution in [0.5, 0.6) is 0 Å². The van der Waals surface area contributed by atoms with Gasteiger partial charge in [-0.05, 0) is 36.6 Å². The van der Waals surface area contributed by atoms with Gasteiger partial charge in [-0.3, -0.25) is 0 Å². The maximum Gasteiger partial charge on any atom is 0.102 e. The molecule has 1 aromatic carbocycles. The molecule has 0 heterocycles. The van der Waals surface area contributed by atoms with Crippen LogP contribution in [0.25, 0.3) is 0 Å². The molecule has 0 aromatic heterocycles. The Bertz CT molecular complexity index is 292. The number of rotatable bonds is 5. The second kappa shape index (κ2) is 6.26. The minimum atomic E-state index is -0.534. The van der Waals surface area contributed by atoms with Crippen molar-refractivity contribution in [2.75, 3.05) is 13.2 Å². The molecule has 0 amide bonds. The fourth-order valence-corrected chi connectivity index (χ4v) is 2.02. The molecule has 1 unspecified atom stereocenters. The van der Waals surface area contributed by atoms with Crippen molar-refractivity contribution in [3.63, 3.8) is 0 Å². The first kappa shape index (κ1) is 12.7. The Balaban J connectivity index is 2.60. The summed E-state index contributed by atoms with van der Waals surface area (Å²) in [6, 6.07) is 5.92. The summed E-state index contributed by atoms with van der Waals surface area (Å²) in [4.78, 5) is 0. The molecule has 1 N–H and O–H groups in total. The van der Waals surface area contributed by atoms with Gasteiger partial charge in [0.15, 0.2) is 0 Å². The standard InChI is InChI=1S/C12H17BrO2/c1-3-4-15-8-12(14)10-5-9(2)6-11(13)7-10/h5-7,12,14H,3-4,8H2,1-2H3. The summed E-state index contributed by atoms with van der Waals surface area (Å²) < 4.78 is 6.31. The predicted molar refractivity (Wildman–Crippen MR) is 64.9 cm³/mol. The Labute approximate surface area is 99.4 Å². The molecule has 84 valence electrons. The summed E-state index contributed by atoms with van der Waals surface area (Å²) in [5.74, 6) is 0. The molecule has 0 spiro atoms. The van der Waals surface area contributed by atoms with Gasteiger partial charge in [0.05, 0.1) is 6.61 Å². The van der Waals surface area contributed by atoms with Gasteiger partial charge in [-0.2, -0.15) is 0 Å². The molecule has 0 saturated heterocycles. The Morgan fingerprint density at radius 2 is 2.13 bits per heavy atom. The number of ether oxygens (including phenoxy) is 1. The molecule has 0 aliphatic carbocycles. The van der Waals surface area contributed by atoms with Gasteiger partial charge in [-0.1, -0.05) is 28.9 Å². The minimum Gasteiger partial charge on any atom is -0.386 e. The quantitative estimate of drug-likeness (QED) is 0.835. The van der Waals surface area contributed by atoms with Gasteiger partial charge in [-0.15, -0.1) is 0 Å². The predicted octanol–water partition coefficient (Wildman–Crippen LogP) is 3.22. The molecule has 1 atom stereocenters. The molecule has 1 rings (SSSR count). The van der Waals surface area contributed by atoms with E-state index < -0.39 is 6.10 Å². The maximum atomic E-state index is 9.85. The second-order valence-electron chi connectivity index (χ2n) is 3.65. The lowest BCUT2D eigenvalue weighted by molar-refractivity contribution is 0.0363. The van der Waals surface area contributed by atoms with E-state index in [0.717, 1.165) is 22.0 Å². The van der Waals surface area contributed by atoms with Crippen LogP contribution in [0.15, 0.2) is 22.7 Å². The molecule has 3 heteroatoms. The summed E-state index contributed by atoms with van der Waals surface area (Å²) in [6.07, 6.45) is 0.442. The zero-order valence-electron chi connectivity index (χ0n) is 9.16. The van der Waals surface area contributed by atoms with E-state index in [-0.39, 0.29) is 0 Å². The van der Waals surface area contributed by atoms with Crippen LogP contribution in [0.1, 0.15) is 30.6 Å². The van der Waals surface area contributed by atoms with Crippen LogP contribution in [0.3, 0.4) is 0 Å². The van der Waals surface area contributed by atoms with Crippen molar-refractivity contribution < 1.29 is 9.84 Å². The Hall–Kier alpha value is -0.380. The first-order chi connectivity index (χ1) is 7.13. The Morgan fingerprint density at radius 3 is 2.73 bits per heavy atom. The zero-order valence-corrected chi connectivity index (χ0v) is 10.8. The topological polar surface area (TPSA) is 29.5 Å². The number of aliphatic hydroxyl groups excluding tert-OH is 1. The third-order valence-electron chi connectivity index (χ3n) is 2.07. The van der Waals surface area contributed by atoms with E-state index in [1.54, 1.807) is 0 Å². The summed E-state index contributed by atoms with van der Waals surface area (Å²) in [6.45, 7) is 5.12. The first-order valence-corrected chi connectivity index (χ1v) is 5.95. The summed E-state index contributed by atoms with van der Waals surface area (Å²) >= 11 is 3.41. The summed E-state index contributed by atoms with van der Waals surface area (Å²) in [5, 5.41) is 9.85. The molecule has 0 saturated carbocycles. The van der Waals surface area contributed by atoms with E-state index in [9.17, 15) is 5.11 Å². The molecule has 0 fully saturated rings. The van der Waals surface area contributed by atoms with Crippen LogP contribution in [-0.4, -0.2) is 18.3 Å². The highest BCUT2D eigenvalue weighted by molar-refractivity contribution is 9.10.